The van der Waals surface area contributed by atoms with Crippen molar-refractivity contribution in [3.05, 3.63) is 69.2 Å². The van der Waals surface area contributed by atoms with Crippen molar-refractivity contribution in [3.63, 3.8) is 0 Å². The third kappa shape index (κ3) is 4.98. The van der Waals surface area contributed by atoms with Crippen molar-refractivity contribution in [2.45, 2.75) is 0 Å². The SMILES string of the molecule is O=C(CNC(=O)c1c(F)cccc1Cl)N/N=C\c1c(F)cccc1Cl. The van der Waals surface area contributed by atoms with Crippen molar-refractivity contribution in [2.75, 3.05) is 6.54 Å². The summed E-state index contributed by atoms with van der Waals surface area (Å²) < 4.78 is 27.1. The van der Waals surface area contributed by atoms with Crippen LogP contribution in [-0.4, -0.2) is 24.6 Å². The van der Waals surface area contributed by atoms with Gasteiger partial charge in [0.05, 0.1) is 28.4 Å². The monoisotopic (exact) mass is 385 g/mol. The molecule has 0 heterocycles. The lowest BCUT2D eigenvalue weighted by Gasteiger charge is -2.07. The van der Waals surface area contributed by atoms with E-state index in [1.165, 1.54) is 30.3 Å². The molecule has 0 radical (unpaired) electrons. The number of carbonyl (C=O) groups is 2. The van der Waals surface area contributed by atoms with Crippen LogP contribution in [0.1, 0.15) is 15.9 Å². The van der Waals surface area contributed by atoms with Crippen LogP contribution in [-0.2, 0) is 4.79 Å². The highest BCUT2D eigenvalue weighted by molar-refractivity contribution is 6.34. The molecule has 2 aromatic rings. The molecule has 0 fully saturated rings. The molecular weight excluding hydrogens is 375 g/mol. The molecule has 0 bridgehead atoms. The summed E-state index contributed by atoms with van der Waals surface area (Å²) in [7, 11) is 0. The summed E-state index contributed by atoms with van der Waals surface area (Å²) in [6.45, 7) is -0.480. The van der Waals surface area contributed by atoms with Gasteiger partial charge in [0.2, 0.25) is 0 Å². The van der Waals surface area contributed by atoms with Crippen LogP contribution in [0.2, 0.25) is 10.0 Å². The van der Waals surface area contributed by atoms with Gasteiger partial charge >= 0.3 is 0 Å². The number of rotatable bonds is 5. The zero-order valence-corrected chi connectivity index (χ0v) is 14.0. The van der Waals surface area contributed by atoms with E-state index >= 15 is 0 Å². The second kappa shape index (κ2) is 8.55. The lowest BCUT2D eigenvalue weighted by molar-refractivity contribution is -0.120. The van der Waals surface area contributed by atoms with E-state index in [4.69, 9.17) is 23.2 Å². The maximum absolute atomic E-state index is 13.6. The molecule has 0 atom stereocenters. The number of hydrazone groups is 1. The molecule has 9 heteroatoms. The van der Waals surface area contributed by atoms with Crippen molar-refractivity contribution < 1.29 is 18.4 Å². The second-order valence-corrected chi connectivity index (χ2v) is 5.52. The van der Waals surface area contributed by atoms with E-state index in [0.717, 1.165) is 12.3 Å². The van der Waals surface area contributed by atoms with Crippen LogP contribution in [0.5, 0.6) is 0 Å². The average Bonchev–Trinajstić information content (AvgIpc) is 2.55. The molecule has 2 aromatic carbocycles. The van der Waals surface area contributed by atoms with E-state index in [1.807, 2.05) is 0 Å². The predicted octanol–water partition coefficient (Wildman–Crippen LogP) is 3.15. The largest absolute Gasteiger partial charge is 0.343 e. The molecule has 0 unspecified atom stereocenters. The lowest BCUT2D eigenvalue weighted by Crippen LogP contribution is -2.35. The maximum atomic E-state index is 13.6. The van der Waals surface area contributed by atoms with Crippen LogP contribution in [0.25, 0.3) is 0 Å². The molecule has 2 amide bonds. The van der Waals surface area contributed by atoms with Gasteiger partial charge < -0.3 is 5.32 Å². The minimum Gasteiger partial charge on any atom is -0.343 e. The van der Waals surface area contributed by atoms with Crippen molar-refractivity contribution in [2.24, 2.45) is 5.10 Å². The minimum atomic E-state index is -0.848. The summed E-state index contributed by atoms with van der Waals surface area (Å²) >= 11 is 11.5. The van der Waals surface area contributed by atoms with Crippen molar-refractivity contribution in [1.29, 1.82) is 0 Å². The number of benzene rings is 2. The fourth-order valence-corrected chi connectivity index (χ4v) is 2.27. The summed E-state index contributed by atoms with van der Waals surface area (Å²) in [5, 5.41) is 5.80. The highest BCUT2D eigenvalue weighted by Crippen LogP contribution is 2.18. The van der Waals surface area contributed by atoms with Gasteiger partial charge in [-0.25, -0.2) is 14.2 Å². The van der Waals surface area contributed by atoms with Gasteiger partial charge in [-0.3, -0.25) is 9.59 Å². The van der Waals surface area contributed by atoms with Crippen LogP contribution in [0.15, 0.2) is 41.5 Å². The Kier molecular flexibility index (Phi) is 6.44. The smallest absolute Gasteiger partial charge is 0.259 e. The van der Waals surface area contributed by atoms with Crippen LogP contribution < -0.4 is 10.7 Å². The molecule has 0 aliphatic rings. The number of amides is 2. The van der Waals surface area contributed by atoms with Gasteiger partial charge in [-0.1, -0.05) is 35.3 Å². The number of hydrogen-bond acceptors (Lipinski definition) is 3. The first-order valence-electron chi connectivity index (χ1n) is 6.88. The molecule has 25 heavy (non-hydrogen) atoms. The van der Waals surface area contributed by atoms with Gasteiger partial charge in [0.1, 0.15) is 11.6 Å². The molecule has 5 nitrogen and oxygen atoms in total. The summed E-state index contributed by atoms with van der Waals surface area (Å²) in [5.41, 5.74) is 1.73. The van der Waals surface area contributed by atoms with Gasteiger partial charge in [0.15, 0.2) is 0 Å². The van der Waals surface area contributed by atoms with Gasteiger partial charge in [-0.05, 0) is 24.3 Å². The van der Waals surface area contributed by atoms with E-state index in [2.05, 4.69) is 15.8 Å². The fraction of sp³-hybridized carbons (Fsp3) is 0.0625. The van der Waals surface area contributed by atoms with Crippen molar-refractivity contribution >= 4 is 41.2 Å². The van der Waals surface area contributed by atoms with Gasteiger partial charge in [0.25, 0.3) is 11.8 Å². The van der Waals surface area contributed by atoms with E-state index in [1.54, 1.807) is 0 Å². The number of nitrogens with zero attached hydrogens (tertiary/aromatic N) is 1. The second-order valence-electron chi connectivity index (χ2n) is 4.71. The molecule has 2 rings (SSSR count). The summed E-state index contributed by atoms with van der Waals surface area (Å²) in [5.74, 6) is -2.96. The fourth-order valence-electron chi connectivity index (χ4n) is 1.81. The first-order chi connectivity index (χ1) is 11.9. The average molecular weight is 386 g/mol. The lowest BCUT2D eigenvalue weighted by atomic mass is 10.2. The Labute approximate surface area is 151 Å². The molecule has 0 aromatic heterocycles. The summed E-state index contributed by atoms with van der Waals surface area (Å²) in [6, 6.07) is 7.85. The number of hydrogen-bond donors (Lipinski definition) is 2. The topological polar surface area (TPSA) is 70.6 Å². The van der Waals surface area contributed by atoms with Crippen LogP contribution in [0.4, 0.5) is 8.78 Å². The van der Waals surface area contributed by atoms with Crippen LogP contribution in [0.3, 0.4) is 0 Å². The van der Waals surface area contributed by atoms with E-state index in [-0.39, 0.29) is 21.2 Å². The Morgan fingerprint density at radius 2 is 1.68 bits per heavy atom. The van der Waals surface area contributed by atoms with Crippen molar-refractivity contribution in [3.8, 4) is 0 Å². The Bertz CT molecular complexity index is 804. The third-order valence-corrected chi connectivity index (χ3v) is 3.63. The van der Waals surface area contributed by atoms with Crippen molar-refractivity contribution in [1.82, 2.24) is 10.7 Å². The first kappa shape index (κ1) is 18.8. The molecule has 0 saturated heterocycles. The Morgan fingerprint density at radius 3 is 2.32 bits per heavy atom. The summed E-state index contributed by atoms with van der Waals surface area (Å²) in [6.07, 6.45) is 1.03. The van der Waals surface area contributed by atoms with Crippen LogP contribution in [0, 0.1) is 11.6 Å². The molecule has 0 saturated carbocycles. The number of nitrogens with one attached hydrogen (secondary N) is 2. The molecule has 0 aliphatic carbocycles. The Hall–Kier alpha value is -2.51. The quantitative estimate of drug-likeness (QED) is 0.612. The van der Waals surface area contributed by atoms with E-state index < -0.39 is 30.0 Å². The standard InChI is InChI=1S/C16H11Cl2F2N3O2/c17-10-3-1-5-12(19)9(10)7-22-23-14(24)8-21-16(25)15-11(18)4-2-6-13(15)20/h1-7H,8H2,(H,21,25)(H,23,24)/b22-7-. The molecule has 0 spiro atoms. The first-order valence-corrected chi connectivity index (χ1v) is 7.64. The highest BCUT2D eigenvalue weighted by atomic mass is 35.5. The Balaban J connectivity index is 1.91. The van der Waals surface area contributed by atoms with E-state index in [9.17, 15) is 18.4 Å². The maximum Gasteiger partial charge on any atom is 0.259 e. The van der Waals surface area contributed by atoms with Gasteiger partial charge in [0, 0.05) is 5.56 Å². The summed E-state index contributed by atoms with van der Waals surface area (Å²) in [4.78, 5) is 23.5. The molecular formula is C16H11Cl2F2N3O2. The third-order valence-electron chi connectivity index (χ3n) is 2.98. The predicted molar refractivity (Wildman–Crippen MR) is 90.9 cm³/mol. The molecule has 0 aliphatic heterocycles. The number of halogens is 4. The van der Waals surface area contributed by atoms with Gasteiger partial charge in [-0.2, -0.15) is 5.10 Å². The van der Waals surface area contributed by atoms with E-state index in [0.29, 0.717) is 0 Å². The molecule has 130 valence electrons. The number of carbonyl (C=O) groups excluding carboxylic acids is 2. The zero-order chi connectivity index (χ0) is 18.4. The zero-order valence-electron chi connectivity index (χ0n) is 12.5. The molecule has 2 N–H and O–H groups in total. The Morgan fingerprint density at radius 1 is 1.04 bits per heavy atom. The van der Waals surface area contributed by atoms with Gasteiger partial charge in [-0.15, -0.1) is 0 Å². The normalized spacial score (nSPS) is 10.7. The minimum absolute atomic E-state index is 0.00615. The highest BCUT2D eigenvalue weighted by Gasteiger charge is 2.16. The van der Waals surface area contributed by atoms with Crippen LogP contribution >= 0.6 is 23.2 Å².